The SMILES string of the molecule is CCN1c2ccccc2C(=O)NC12CCN(C(=O)Cc1ccc(OC)cc1)CC2. The van der Waals surface area contributed by atoms with Gasteiger partial charge in [0.1, 0.15) is 11.4 Å². The lowest BCUT2D eigenvalue weighted by Gasteiger charge is -2.52. The van der Waals surface area contributed by atoms with Crippen molar-refractivity contribution in [1.29, 1.82) is 0 Å². The Morgan fingerprint density at radius 2 is 1.79 bits per heavy atom. The van der Waals surface area contributed by atoms with E-state index in [4.69, 9.17) is 4.74 Å². The quantitative estimate of drug-likeness (QED) is 0.868. The Bertz CT molecular complexity index is 902. The molecule has 2 aliphatic heterocycles. The van der Waals surface area contributed by atoms with Crippen LogP contribution in [0.25, 0.3) is 0 Å². The van der Waals surface area contributed by atoms with Gasteiger partial charge in [-0.15, -0.1) is 0 Å². The van der Waals surface area contributed by atoms with E-state index < -0.39 is 5.66 Å². The number of hydrogen-bond donors (Lipinski definition) is 1. The molecule has 0 radical (unpaired) electrons. The van der Waals surface area contributed by atoms with Gasteiger partial charge in [0.15, 0.2) is 0 Å². The second-order valence-electron chi connectivity index (χ2n) is 7.65. The van der Waals surface area contributed by atoms with Gasteiger partial charge in [-0.2, -0.15) is 0 Å². The van der Waals surface area contributed by atoms with Crippen molar-refractivity contribution in [3.05, 3.63) is 59.7 Å². The fourth-order valence-corrected chi connectivity index (χ4v) is 4.50. The zero-order valence-electron chi connectivity index (χ0n) is 17.0. The Kier molecular flexibility index (Phi) is 5.18. The molecule has 2 aliphatic rings. The highest BCUT2D eigenvalue weighted by molar-refractivity contribution is 6.02. The van der Waals surface area contributed by atoms with Gasteiger partial charge in [0.2, 0.25) is 5.91 Å². The summed E-state index contributed by atoms with van der Waals surface area (Å²) in [6.45, 7) is 4.18. The third-order valence-corrected chi connectivity index (χ3v) is 6.08. The third kappa shape index (κ3) is 3.55. The Hall–Kier alpha value is -3.02. The van der Waals surface area contributed by atoms with E-state index >= 15 is 0 Å². The minimum absolute atomic E-state index is 0.0247. The lowest BCUT2D eigenvalue weighted by atomic mass is 9.89. The Labute approximate surface area is 171 Å². The number of hydrogen-bond acceptors (Lipinski definition) is 4. The topological polar surface area (TPSA) is 61.9 Å². The molecule has 2 heterocycles. The van der Waals surface area contributed by atoms with Gasteiger partial charge in [-0.3, -0.25) is 9.59 Å². The van der Waals surface area contributed by atoms with Crippen LogP contribution in [0.2, 0.25) is 0 Å². The van der Waals surface area contributed by atoms with Gasteiger partial charge >= 0.3 is 0 Å². The molecule has 0 aromatic heterocycles. The smallest absolute Gasteiger partial charge is 0.255 e. The molecular formula is C23H27N3O3. The molecule has 1 N–H and O–H groups in total. The standard InChI is InChI=1S/C23H27N3O3/c1-3-26-20-7-5-4-6-19(20)22(28)24-23(26)12-14-25(15-13-23)21(27)16-17-8-10-18(29-2)11-9-17/h4-11H,3,12-16H2,1-2H3,(H,24,28). The number of nitrogens with one attached hydrogen (secondary N) is 1. The number of likely N-dealkylation sites (tertiary alicyclic amines) is 1. The van der Waals surface area contributed by atoms with Gasteiger partial charge in [-0.05, 0) is 36.8 Å². The summed E-state index contributed by atoms with van der Waals surface area (Å²) in [4.78, 5) is 29.7. The Morgan fingerprint density at radius 1 is 1.10 bits per heavy atom. The number of carbonyl (C=O) groups is 2. The average Bonchev–Trinajstić information content (AvgIpc) is 2.75. The number of para-hydroxylation sites is 1. The van der Waals surface area contributed by atoms with E-state index in [0.29, 0.717) is 19.5 Å². The van der Waals surface area contributed by atoms with Crippen molar-refractivity contribution in [2.45, 2.75) is 31.8 Å². The van der Waals surface area contributed by atoms with E-state index in [1.165, 1.54) is 0 Å². The molecule has 0 unspecified atom stereocenters. The maximum atomic E-state index is 12.8. The molecule has 0 saturated carbocycles. The summed E-state index contributed by atoms with van der Waals surface area (Å²) in [6, 6.07) is 15.4. The molecule has 6 heteroatoms. The normalized spacial score (nSPS) is 17.7. The summed E-state index contributed by atoms with van der Waals surface area (Å²) in [5.74, 6) is 0.882. The summed E-state index contributed by atoms with van der Waals surface area (Å²) in [5.41, 5.74) is 2.26. The lowest BCUT2D eigenvalue weighted by molar-refractivity contribution is -0.132. The second-order valence-corrected chi connectivity index (χ2v) is 7.65. The molecule has 0 aliphatic carbocycles. The number of methoxy groups -OCH3 is 1. The zero-order chi connectivity index (χ0) is 20.4. The summed E-state index contributed by atoms with van der Waals surface area (Å²) in [7, 11) is 1.63. The van der Waals surface area contributed by atoms with Gasteiger partial charge in [0, 0.05) is 32.5 Å². The number of anilines is 1. The number of amides is 2. The van der Waals surface area contributed by atoms with Crippen LogP contribution < -0.4 is 15.0 Å². The van der Waals surface area contributed by atoms with Gasteiger partial charge < -0.3 is 19.9 Å². The number of benzene rings is 2. The average molecular weight is 393 g/mol. The number of nitrogens with zero attached hydrogens (tertiary/aromatic N) is 2. The third-order valence-electron chi connectivity index (χ3n) is 6.08. The first-order valence-corrected chi connectivity index (χ1v) is 10.2. The maximum absolute atomic E-state index is 12.8. The first kappa shape index (κ1) is 19.3. The molecule has 1 fully saturated rings. The van der Waals surface area contributed by atoms with Crippen molar-refractivity contribution in [2.24, 2.45) is 0 Å². The first-order valence-electron chi connectivity index (χ1n) is 10.2. The van der Waals surface area contributed by atoms with Crippen LogP contribution in [0.5, 0.6) is 5.75 Å². The number of ether oxygens (including phenoxy) is 1. The summed E-state index contributed by atoms with van der Waals surface area (Å²) < 4.78 is 5.17. The van der Waals surface area contributed by atoms with Crippen molar-refractivity contribution in [3.63, 3.8) is 0 Å². The van der Waals surface area contributed by atoms with Crippen molar-refractivity contribution in [3.8, 4) is 5.75 Å². The highest BCUT2D eigenvalue weighted by Crippen LogP contribution is 2.37. The predicted octanol–water partition coefficient (Wildman–Crippen LogP) is 2.83. The summed E-state index contributed by atoms with van der Waals surface area (Å²) >= 11 is 0. The van der Waals surface area contributed by atoms with Crippen LogP contribution in [0.3, 0.4) is 0 Å². The van der Waals surface area contributed by atoms with Crippen LogP contribution >= 0.6 is 0 Å². The first-order chi connectivity index (χ1) is 14.1. The summed E-state index contributed by atoms with van der Waals surface area (Å²) in [6.07, 6.45) is 1.81. The highest BCUT2D eigenvalue weighted by atomic mass is 16.5. The van der Waals surface area contributed by atoms with Crippen molar-refractivity contribution in [2.75, 3.05) is 31.6 Å². The number of piperidine rings is 1. The van der Waals surface area contributed by atoms with E-state index in [1.807, 2.05) is 53.4 Å². The molecule has 29 heavy (non-hydrogen) atoms. The van der Waals surface area contributed by atoms with Gasteiger partial charge in [-0.1, -0.05) is 24.3 Å². The fourth-order valence-electron chi connectivity index (χ4n) is 4.50. The molecule has 0 atom stereocenters. The molecule has 1 spiro atoms. The van der Waals surface area contributed by atoms with Crippen LogP contribution in [0.15, 0.2) is 48.5 Å². The Morgan fingerprint density at radius 3 is 2.45 bits per heavy atom. The van der Waals surface area contributed by atoms with Crippen molar-refractivity contribution in [1.82, 2.24) is 10.2 Å². The van der Waals surface area contributed by atoms with E-state index in [-0.39, 0.29) is 11.8 Å². The van der Waals surface area contributed by atoms with Crippen LogP contribution in [0, 0.1) is 0 Å². The molecule has 2 aromatic rings. The second kappa shape index (κ2) is 7.78. The zero-order valence-corrected chi connectivity index (χ0v) is 17.0. The molecule has 4 rings (SSSR count). The van der Waals surface area contributed by atoms with Gasteiger partial charge in [0.25, 0.3) is 5.91 Å². The van der Waals surface area contributed by atoms with E-state index in [1.54, 1.807) is 7.11 Å². The number of fused-ring (bicyclic) bond motifs is 1. The molecule has 2 amide bonds. The Balaban J connectivity index is 1.45. The summed E-state index contributed by atoms with van der Waals surface area (Å²) in [5, 5.41) is 3.25. The predicted molar refractivity (Wildman–Crippen MR) is 112 cm³/mol. The molecule has 152 valence electrons. The largest absolute Gasteiger partial charge is 0.497 e. The van der Waals surface area contributed by atoms with E-state index in [2.05, 4.69) is 17.1 Å². The minimum atomic E-state index is -0.420. The fraction of sp³-hybridized carbons (Fsp3) is 0.391. The molecule has 1 saturated heterocycles. The van der Waals surface area contributed by atoms with Crippen LogP contribution in [-0.2, 0) is 11.2 Å². The molecule has 6 nitrogen and oxygen atoms in total. The minimum Gasteiger partial charge on any atom is -0.497 e. The molecular weight excluding hydrogens is 366 g/mol. The van der Waals surface area contributed by atoms with Crippen LogP contribution in [0.1, 0.15) is 35.7 Å². The molecule has 0 bridgehead atoms. The maximum Gasteiger partial charge on any atom is 0.255 e. The van der Waals surface area contributed by atoms with Crippen LogP contribution in [-0.4, -0.2) is 49.1 Å². The number of rotatable bonds is 4. The highest BCUT2D eigenvalue weighted by Gasteiger charge is 2.45. The number of carbonyl (C=O) groups excluding carboxylic acids is 2. The van der Waals surface area contributed by atoms with Crippen molar-refractivity contribution >= 4 is 17.5 Å². The van der Waals surface area contributed by atoms with E-state index in [0.717, 1.165) is 42.0 Å². The molecule has 2 aromatic carbocycles. The van der Waals surface area contributed by atoms with Crippen LogP contribution in [0.4, 0.5) is 5.69 Å². The lowest BCUT2D eigenvalue weighted by Crippen LogP contribution is -2.68. The van der Waals surface area contributed by atoms with Crippen molar-refractivity contribution < 1.29 is 14.3 Å². The monoisotopic (exact) mass is 393 g/mol. The van der Waals surface area contributed by atoms with Gasteiger partial charge in [0.05, 0.1) is 24.8 Å². The van der Waals surface area contributed by atoms with E-state index in [9.17, 15) is 9.59 Å². The van der Waals surface area contributed by atoms with Gasteiger partial charge in [-0.25, -0.2) is 0 Å².